The lowest BCUT2D eigenvalue weighted by molar-refractivity contribution is 0.589. The Balaban J connectivity index is 2.92. The highest BCUT2D eigenvalue weighted by Gasteiger charge is 2.12. The van der Waals surface area contributed by atoms with E-state index in [-0.39, 0.29) is 0 Å². The van der Waals surface area contributed by atoms with Crippen LogP contribution in [0.25, 0.3) is 0 Å². The predicted octanol–water partition coefficient (Wildman–Crippen LogP) is 2.30. The third kappa shape index (κ3) is 3.40. The van der Waals surface area contributed by atoms with Crippen molar-refractivity contribution in [1.29, 1.82) is 0 Å². The molecule has 1 N–H and O–H groups in total. The first kappa shape index (κ1) is 13.9. The molecule has 0 aliphatic heterocycles. The van der Waals surface area contributed by atoms with Gasteiger partial charge in [-0.25, -0.2) is 9.97 Å². The molecule has 1 atom stereocenters. The second-order valence-corrected chi connectivity index (χ2v) is 4.16. The van der Waals surface area contributed by atoms with E-state index in [1.807, 2.05) is 6.20 Å². The molecule has 1 heterocycles. The van der Waals surface area contributed by atoms with Gasteiger partial charge in [0.2, 0.25) is 5.95 Å². The molecule has 0 aromatic carbocycles. The van der Waals surface area contributed by atoms with Gasteiger partial charge in [0.05, 0.1) is 0 Å². The third-order valence-electron chi connectivity index (χ3n) is 3.03. The third-order valence-corrected chi connectivity index (χ3v) is 3.03. The van der Waals surface area contributed by atoms with Crippen LogP contribution in [0.3, 0.4) is 0 Å². The van der Waals surface area contributed by atoms with Gasteiger partial charge >= 0.3 is 0 Å². The molecule has 17 heavy (non-hydrogen) atoms. The van der Waals surface area contributed by atoms with Gasteiger partial charge in [-0.1, -0.05) is 6.92 Å². The molecule has 1 aromatic rings. The number of nitrogens with zero attached hydrogens (tertiary/aromatic N) is 3. The average Bonchev–Trinajstić information content (AvgIpc) is 2.31. The molecule has 0 radical (unpaired) electrons. The number of aromatic nitrogens is 2. The van der Waals surface area contributed by atoms with Crippen LogP contribution in [-0.2, 0) is 0 Å². The first-order valence-corrected chi connectivity index (χ1v) is 6.45. The SMILES string of the molecule is CCNC(C)c1cnc(N(CC)CC)nc1C. The molecule has 0 amide bonds. The monoisotopic (exact) mass is 236 g/mol. The lowest BCUT2D eigenvalue weighted by Gasteiger charge is -2.21. The Morgan fingerprint density at radius 1 is 1.29 bits per heavy atom. The van der Waals surface area contributed by atoms with Crippen LogP contribution in [0.15, 0.2) is 6.20 Å². The van der Waals surface area contributed by atoms with E-state index in [4.69, 9.17) is 0 Å². The lowest BCUT2D eigenvalue weighted by Crippen LogP contribution is -2.25. The standard InChI is InChI=1S/C13H24N4/c1-6-14-10(4)12-9-15-13(16-11(12)5)17(7-2)8-3/h9-10,14H,6-8H2,1-5H3. The molecule has 0 aliphatic carbocycles. The van der Waals surface area contributed by atoms with Crippen LogP contribution >= 0.6 is 0 Å². The predicted molar refractivity (Wildman–Crippen MR) is 72.4 cm³/mol. The molecule has 0 aliphatic rings. The van der Waals surface area contributed by atoms with Crippen LogP contribution in [0.5, 0.6) is 0 Å². The van der Waals surface area contributed by atoms with Crippen molar-refractivity contribution in [3.8, 4) is 0 Å². The van der Waals surface area contributed by atoms with E-state index in [0.29, 0.717) is 6.04 Å². The summed E-state index contributed by atoms with van der Waals surface area (Å²) in [5.74, 6) is 0.833. The number of rotatable bonds is 6. The van der Waals surface area contributed by atoms with Crippen LogP contribution in [0.4, 0.5) is 5.95 Å². The Morgan fingerprint density at radius 2 is 1.94 bits per heavy atom. The van der Waals surface area contributed by atoms with Gasteiger partial charge in [0.15, 0.2) is 0 Å². The van der Waals surface area contributed by atoms with E-state index >= 15 is 0 Å². The molecule has 0 saturated heterocycles. The van der Waals surface area contributed by atoms with Gasteiger partial charge in [-0.2, -0.15) is 0 Å². The summed E-state index contributed by atoms with van der Waals surface area (Å²) in [6, 6.07) is 0.311. The Bertz CT molecular complexity index is 347. The zero-order valence-corrected chi connectivity index (χ0v) is 11.6. The molecular weight excluding hydrogens is 212 g/mol. The maximum absolute atomic E-state index is 4.59. The summed E-state index contributed by atoms with van der Waals surface area (Å²) in [6.07, 6.45) is 1.95. The Hall–Kier alpha value is -1.16. The van der Waals surface area contributed by atoms with E-state index < -0.39 is 0 Å². The summed E-state index contributed by atoms with van der Waals surface area (Å²) < 4.78 is 0. The van der Waals surface area contributed by atoms with E-state index in [0.717, 1.165) is 31.3 Å². The van der Waals surface area contributed by atoms with Gasteiger partial charge in [0.25, 0.3) is 0 Å². The highest BCUT2D eigenvalue weighted by Crippen LogP contribution is 2.17. The van der Waals surface area contributed by atoms with Crippen molar-refractivity contribution in [2.75, 3.05) is 24.5 Å². The van der Waals surface area contributed by atoms with Gasteiger partial charge in [-0.05, 0) is 34.2 Å². The Kier molecular flexibility index (Phi) is 5.35. The van der Waals surface area contributed by atoms with Crippen LogP contribution in [0.1, 0.15) is 45.0 Å². The second kappa shape index (κ2) is 6.55. The van der Waals surface area contributed by atoms with Crippen LogP contribution in [0, 0.1) is 6.92 Å². The van der Waals surface area contributed by atoms with Crippen LogP contribution in [-0.4, -0.2) is 29.6 Å². The van der Waals surface area contributed by atoms with E-state index in [2.05, 4.69) is 54.8 Å². The summed E-state index contributed by atoms with van der Waals surface area (Å²) in [5, 5.41) is 3.39. The highest BCUT2D eigenvalue weighted by atomic mass is 15.2. The van der Waals surface area contributed by atoms with Crippen molar-refractivity contribution in [2.24, 2.45) is 0 Å². The summed E-state index contributed by atoms with van der Waals surface area (Å²) in [7, 11) is 0. The molecule has 0 fully saturated rings. The topological polar surface area (TPSA) is 41.1 Å². The first-order valence-electron chi connectivity index (χ1n) is 6.45. The number of hydrogen-bond donors (Lipinski definition) is 1. The van der Waals surface area contributed by atoms with Gasteiger partial charge in [0, 0.05) is 36.6 Å². The van der Waals surface area contributed by atoms with Crippen molar-refractivity contribution in [3.63, 3.8) is 0 Å². The van der Waals surface area contributed by atoms with Gasteiger partial charge < -0.3 is 10.2 Å². The molecule has 96 valence electrons. The zero-order chi connectivity index (χ0) is 12.8. The van der Waals surface area contributed by atoms with Crippen LogP contribution < -0.4 is 10.2 Å². The molecule has 0 bridgehead atoms. The van der Waals surface area contributed by atoms with E-state index in [9.17, 15) is 0 Å². The molecule has 4 heteroatoms. The lowest BCUT2D eigenvalue weighted by atomic mass is 10.1. The van der Waals surface area contributed by atoms with Gasteiger partial charge in [-0.3, -0.25) is 0 Å². The van der Waals surface area contributed by atoms with E-state index in [1.54, 1.807) is 0 Å². The van der Waals surface area contributed by atoms with Gasteiger partial charge in [0.1, 0.15) is 0 Å². The fraction of sp³-hybridized carbons (Fsp3) is 0.692. The Labute approximate surface area is 104 Å². The van der Waals surface area contributed by atoms with Crippen molar-refractivity contribution in [2.45, 2.75) is 40.7 Å². The molecule has 0 saturated carbocycles. The molecular formula is C13H24N4. The van der Waals surface area contributed by atoms with Crippen molar-refractivity contribution < 1.29 is 0 Å². The maximum Gasteiger partial charge on any atom is 0.225 e. The number of nitrogens with one attached hydrogen (secondary N) is 1. The quantitative estimate of drug-likeness (QED) is 0.823. The Morgan fingerprint density at radius 3 is 2.41 bits per heavy atom. The fourth-order valence-corrected chi connectivity index (χ4v) is 1.96. The molecule has 1 unspecified atom stereocenters. The van der Waals surface area contributed by atoms with Gasteiger partial charge in [-0.15, -0.1) is 0 Å². The summed E-state index contributed by atoms with van der Waals surface area (Å²) in [4.78, 5) is 11.2. The molecule has 4 nitrogen and oxygen atoms in total. The zero-order valence-electron chi connectivity index (χ0n) is 11.6. The minimum atomic E-state index is 0.311. The largest absolute Gasteiger partial charge is 0.341 e. The smallest absolute Gasteiger partial charge is 0.225 e. The number of anilines is 1. The van der Waals surface area contributed by atoms with Crippen molar-refractivity contribution in [3.05, 3.63) is 17.5 Å². The molecule has 0 spiro atoms. The summed E-state index contributed by atoms with van der Waals surface area (Å²) in [6.45, 7) is 13.4. The minimum Gasteiger partial charge on any atom is -0.341 e. The molecule has 1 aromatic heterocycles. The average molecular weight is 236 g/mol. The van der Waals surface area contributed by atoms with Crippen molar-refractivity contribution in [1.82, 2.24) is 15.3 Å². The number of aryl methyl sites for hydroxylation is 1. The number of hydrogen-bond acceptors (Lipinski definition) is 4. The molecule has 1 rings (SSSR count). The summed E-state index contributed by atoms with van der Waals surface area (Å²) in [5.41, 5.74) is 2.25. The normalized spacial score (nSPS) is 12.5. The van der Waals surface area contributed by atoms with Crippen molar-refractivity contribution >= 4 is 5.95 Å². The second-order valence-electron chi connectivity index (χ2n) is 4.16. The summed E-state index contributed by atoms with van der Waals surface area (Å²) >= 11 is 0. The first-order chi connectivity index (χ1) is 8.13. The fourth-order valence-electron chi connectivity index (χ4n) is 1.96. The van der Waals surface area contributed by atoms with E-state index in [1.165, 1.54) is 5.56 Å². The minimum absolute atomic E-state index is 0.311. The highest BCUT2D eigenvalue weighted by molar-refractivity contribution is 5.33. The maximum atomic E-state index is 4.59. The van der Waals surface area contributed by atoms with Crippen LogP contribution in [0.2, 0.25) is 0 Å².